The molecule has 3 aromatic carbocycles. The molecule has 5 nitrogen and oxygen atoms in total. The van der Waals surface area contributed by atoms with Crippen LogP contribution in [0.4, 0.5) is 14.5 Å². The summed E-state index contributed by atoms with van der Waals surface area (Å²) in [6, 6.07) is 13.8. The number of amides is 1. The van der Waals surface area contributed by atoms with Crippen LogP contribution in [-0.4, -0.2) is 21.7 Å². The van der Waals surface area contributed by atoms with Crippen molar-refractivity contribution in [1.29, 1.82) is 0 Å². The van der Waals surface area contributed by atoms with Gasteiger partial charge in [-0.25, -0.2) is 8.78 Å². The highest BCUT2D eigenvalue weighted by atomic mass is 19.1. The molecule has 0 spiro atoms. The van der Waals surface area contributed by atoms with Gasteiger partial charge in [-0.3, -0.25) is 19.6 Å². The highest BCUT2D eigenvalue weighted by Crippen LogP contribution is 2.23. The monoisotopic (exact) mass is 389 g/mol. The molecule has 4 aromatic rings. The van der Waals surface area contributed by atoms with Crippen molar-refractivity contribution in [3.05, 3.63) is 101 Å². The molecule has 0 saturated heterocycles. The number of anilines is 1. The van der Waals surface area contributed by atoms with E-state index >= 15 is 0 Å². The molecule has 1 amide bonds. The lowest BCUT2D eigenvalue weighted by atomic mass is 10.0. The highest BCUT2D eigenvalue weighted by molar-refractivity contribution is 6.11. The SMILES string of the molecule is O=C(Nc1cccc(C(=O)c2ccc3nccnc3c2)c1F)c1cccc(F)c1. The lowest BCUT2D eigenvalue weighted by Gasteiger charge is -2.10. The van der Waals surface area contributed by atoms with Crippen LogP contribution in [-0.2, 0) is 0 Å². The third-order valence-corrected chi connectivity index (χ3v) is 4.31. The van der Waals surface area contributed by atoms with Gasteiger partial charge in [0, 0.05) is 23.5 Å². The second-order valence-corrected chi connectivity index (χ2v) is 6.22. The van der Waals surface area contributed by atoms with Gasteiger partial charge in [0.05, 0.1) is 22.3 Å². The van der Waals surface area contributed by atoms with Gasteiger partial charge in [-0.2, -0.15) is 0 Å². The Morgan fingerprint density at radius 3 is 2.34 bits per heavy atom. The van der Waals surface area contributed by atoms with Crippen molar-refractivity contribution in [2.24, 2.45) is 0 Å². The predicted octanol–water partition coefficient (Wildman–Crippen LogP) is 4.39. The fraction of sp³-hybridized carbons (Fsp3) is 0. The molecule has 0 fully saturated rings. The fourth-order valence-electron chi connectivity index (χ4n) is 2.89. The number of carbonyl (C=O) groups excluding carboxylic acids is 2. The maximum absolute atomic E-state index is 14.9. The van der Waals surface area contributed by atoms with Crippen LogP contribution in [0.25, 0.3) is 11.0 Å². The second-order valence-electron chi connectivity index (χ2n) is 6.22. The van der Waals surface area contributed by atoms with Gasteiger partial charge in [-0.15, -0.1) is 0 Å². The molecule has 0 unspecified atom stereocenters. The smallest absolute Gasteiger partial charge is 0.255 e. The molecule has 4 rings (SSSR count). The van der Waals surface area contributed by atoms with Gasteiger partial charge in [0.2, 0.25) is 0 Å². The maximum atomic E-state index is 14.9. The van der Waals surface area contributed by atoms with Gasteiger partial charge >= 0.3 is 0 Å². The summed E-state index contributed by atoms with van der Waals surface area (Å²) in [4.78, 5) is 33.4. The lowest BCUT2D eigenvalue weighted by molar-refractivity contribution is 0.101. The van der Waals surface area contributed by atoms with E-state index in [1.807, 2.05) is 0 Å². The Hall–Kier alpha value is -4.00. The first-order valence-electron chi connectivity index (χ1n) is 8.64. The van der Waals surface area contributed by atoms with E-state index in [4.69, 9.17) is 0 Å². The van der Waals surface area contributed by atoms with E-state index in [1.54, 1.807) is 6.07 Å². The topological polar surface area (TPSA) is 72.0 Å². The predicted molar refractivity (Wildman–Crippen MR) is 104 cm³/mol. The van der Waals surface area contributed by atoms with Crippen molar-refractivity contribution < 1.29 is 18.4 Å². The molecule has 0 aliphatic rings. The first-order chi connectivity index (χ1) is 14.0. The Labute approximate surface area is 164 Å². The Morgan fingerprint density at radius 2 is 1.55 bits per heavy atom. The maximum Gasteiger partial charge on any atom is 0.255 e. The van der Waals surface area contributed by atoms with Crippen LogP contribution in [0.15, 0.2) is 73.1 Å². The molecule has 1 N–H and O–H groups in total. The molecule has 0 aliphatic heterocycles. The van der Waals surface area contributed by atoms with E-state index in [2.05, 4.69) is 15.3 Å². The normalized spacial score (nSPS) is 10.7. The highest BCUT2D eigenvalue weighted by Gasteiger charge is 2.19. The zero-order valence-electron chi connectivity index (χ0n) is 14.9. The summed E-state index contributed by atoms with van der Waals surface area (Å²) in [5, 5.41) is 2.37. The van der Waals surface area contributed by atoms with Crippen LogP contribution in [0.3, 0.4) is 0 Å². The van der Waals surface area contributed by atoms with Crippen molar-refractivity contribution >= 4 is 28.4 Å². The van der Waals surface area contributed by atoms with E-state index in [9.17, 15) is 18.4 Å². The summed E-state index contributed by atoms with van der Waals surface area (Å²) in [7, 11) is 0. The first-order valence-corrected chi connectivity index (χ1v) is 8.64. The minimum Gasteiger partial charge on any atom is -0.319 e. The zero-order chi connectivity index (χ0) is 20.4. The second kappa shape index (κ2) is 7.55. The molecule has 142 valence electrons. The van der Waals surface area contributed by atoms with E-state index in [0.717, 1.165) is 6.07 Å². The Morgan fingerprint density at radius 1 is 0.793 bits per heavy atom. The van der Waals surface area contributed by atoms with Crippen LogP contribution in [0, 0.1) is 11.6 Å². The largest absolute Gasteiger partial charge is 0.319 e. The van der Waals surface area contributed by atoms with Crippen molar-refractivity contribution in [1.82, 2.24) is 9.97 Å². The number of hydrogen-bond acceptors (Lipinski definition) is 4. The van der Waals surface area contributed by atoms with Crippen LogP contribution in [0.2, 0.25) is 0 Å². The quantitative estimate of drug-likeness (QED) is 0.526. The van der Waals surface area contributed by atoms with Gasteiger partial charge in [-0.1, -0.05) is 12.1 Å². The summed E-state index contributed by atoms with van der Waals surface area (Å²) in [6.45, 7) is 0. The molecule has 0 aliphatic carbocycles. The van der Waals surface area contributed by atoms with Crippen molar-refractivity contribution in [2.75, 3.05) is 5.32 Å². The number of carbonyl (C=O) groups is 2. The standard InChI is InChI=1S/C22H13F2N3O2/c23-15-4-1-3-14(11-15)22(29)27-18-6-2-5-16(20(18)24)21(28)13-7-8-17-19(12-13)26-10-9-25-17/h1-12H,(H,27,29). The molecule has 7 heteroatoms. The summed E-state index contributed by atoms with van der Waals surface area (Å²) < 4.78 is 28.2. The number of nitrogens with one attached hydrogen (secondary N) is 1. The third kappa shape index (κ3) is 3.70. The Bertz CT molecular complexity index is 1260. The van der Waals surface area contributed by atoms with Crippen molar-refractivity contribution in [3.63, 3.8) is 0 Å². The fourth-order valence-corrected chi connectivity index (χ4v) is 2.89. The Balaban J connectivity index is 1.64. The molecular weight excluding hydrogens is 376 g/mol. The van der Waals surface area contributed by atoms with E-state index < -0.39 is 23.3 Å². The van der Waals surface area contributed by atoms with Gasteiger partial charge in [0.25, 0.3) is 5.91 Å². The van der Waals surface area contributed by atoms with Crippen LogP contribution >= 0.6 is 0 Å². The number of aromatic nitrogens is 2. The Kier molecular flexibility index (Phi) is 4.78. The summed E-state index contributed by atoms with van der Waals surface area (Å²) in [5.41, 5.74) is 1.02. The molecule has 29 heavy (non-hydrogen) atoms. The van der Waals surface area contributed by atoms with Gasteiger partial charge in [0.15, 0.2) is 11.6 Å². The molecule has 0 atom stereocenters. The van der Waals surface area contributed by atoms with Crippen molar-refractivity contribution in [2.45, 2.75) is 0 Å². The molecule has 0 radical (unpaired) electrons. The average molecular weight is 389 g/mol. The van der Waals surface area contributed by atoms with Crippen LogP contribution in [0.5, 0.6) is 0 Å². The molecule has 0 bridgehead atoms. The number of nitrogens with zero attached hydrogens (tertiary/aromatic N) is 2. The number of fused-ring (bicyclic) bond motifs is 1. The summed E-state index contributed by atoms with van der Waals surface area (Å²) >= 11 is 0. The minimum atomic E-state index is -0.874. The third-order valence-electron chi connectivity index (χ3n) is 4.31. The molecular formula is C22H13F2N3O2. The van der Waals surface area contributed by atoms with E-state index in [1.165, 1.54) is 60.9 Å². The van der Waals surface area contributed by atoms with Crippen molar-refractivity contribution in [3.8, 4) is 0 Å². The van der Waals surface area contributed by atoms with E-state index in [-0.39, 0.29) is 22.4 Å². The number of hydrogen-bond donors (Lipinski definition) is 1. The molecule has 1 aromatic heterocycles. The number of rotatable bonds is 4. The molecule has 0 saturated carbocycles. The molecule has 1 heterocycles. The number of ketones is 1. The van der Waals surface area contributed by atoms with E-state index in [0.29, 0.717) is 11.0 Å². The van der Waals surface area contributed by atoms with Gasteiger partial charge in [-0.05, 0) is 48.5 Å². The number of halogens is 2. The first kappa shape index (κ1) is 18.4. The van der Waals surface area contributed by atoms with Crippen LogP contribution < -0.4 is 5.32 Å². The summed E-state index contributed by atoms with van der Waals surface area (Å²) in [6.07, 6.45) is 3.04. The zero-order valence-corrected chi connectivity index (χ0v) is 14.9. The van der Waals surface area contributed by atoms with Crippen LogP contribution in [0.1, 0.15) is 26.3 Å². The lowest BCUT2D eigenvalue weighted by Crippen LogP contribution is -2.15. The van der Waals surface area contributed by atoms with Gasteiger partial charge in [0.1, 0.15) is 5.82 Å². The average Bonchev–Trinajstić information content (AvgIpc) is 2.74. The number of benzene rings is 3. The summed E-state index contributed by atoms with van der Waals surface area (Å²) in [5.74, 6) is -2.70. The minimum absolute atomic E-state index is 0.0363. The van der Waals surface area contributed by atoms with Gasteiger partial charge < -0.3 is 5.32 Å².